The molecule has 0 aromatic heterocycles. The number of hydrogen-bond donors (Lipinski definition) is 2. The third-order valence-electron chi connectivity index (χ3n) is 3.81. The minimum Gasteiger partial charge on any atom is -0.382 e. The van der Waals surface area contributed by atoms with Gasteiger partial charge in [-0.2, -0.15) is 0 Å². The van der Waals surface area contributed by atoms with Crippen LogP contribution in [0.1, 0.15) is 18.9 Å². The van der Waals surface area contributed by atoms with Crippen molar-refractivity contribution in [3.63, 3.8) is 0 Å². The number of hydrogen-bond acceptors (Lipinski definition) is 4. The molecule has 1 aromatic rings. The maximum atomic E-state index is 12.0. The standard InChI is InChI=1S/C14H22N2O3S/c1-10-4-5-13(8-14(10)20(17,18)15-3)16-11(2)12-6-7-19-9-12/h4-5,8,11-12,15-16H,6-7,9H2,1-3H3. The van der Waals surface area contributed by atoms with E-state index in [2.05, 4.69) is 17.0 Å². The van der Waals surface area contributed by atoms with Gasteiger partial charge in [-0.15, -0.1) is 0 Å². The Morgan fingerprint density at radius 2 is 2.15 bits per heavy atom. The number of rotatable bonds is 5. The van der Waals surface area contributed by atoms with E-state index in [9.17, 15) is 8.42 Å². The van der Waals surface area contributed by atoms with Gasteiger partial charge in [0, 0.05) is 24.3 Å². The van der Waals surface area contributed by atoms with Crippen molar-refractivity contribution >= 4 is 15.7 Å². The summed E-state index contributed by atoms with van der Waals surface area (Å²) in [5, 5.41) is 3.38. The summed E-state index contributed by atoms with van der Waals surface area (Å²) in [4.78, 5) is 0.319. The first-order chi connectivity index (χ1) is 9.44. The predicted molar refractivity (Wildman–Crippen MR) is 79.4 cm³/mol. The maximum Gasteiger partial charge on any atom is 0.240 e. The lowest BCUT2D eigenvalue weighted by atomic mass is 10.0. The van der Waals surface area contributed by atoms with Crippen LogP contribution in [-0.2, 0) is 14.8 Å². The van der Waals surface area contributed by atoms with Crippen molar-refractivity contribution in [1.29, 1.82) is 0 Å². The van der Waals surface area contributed by atoms with Gasteiger partial charge < -0.3 is 10.1 Å². The monoisotopic (exact) mass is 298 g/mol. The zero-order chi connectivity index (χ0) is 14.8. The van der Waals surface area contributed by atoms with Crippen molar-refractivity contribution in [3.8, 4) is 0 Å². The maximum absolute atomic E-state index is 12.0. The highest BCUT2D eigenvalue weighted by molar-refractivity contribution is 7.89. The lowest BCUT2D eigenvalue weighted by Crippen LogP contribution is -2.26. The van der Waals surface area contributed by atoms with E-state index in [0.29, 0.717) is 10.8 Å². The number of aryl methyl sites for hydroxylation is 1. The number of ether oxygens (including phenoxy) is 1. The van der Waals surface area contributed by atoms with Crippen LogP contribution in [-0.4, -0.2) is 34.7 Å². The summed E-state index contributed by atoms with van der Waals surface area (Å²) in [5.41, 5.74) is 1.56. The van der Waals surface area contributed by atoms with Crippen LogP contribution in [0.3, 0.4) is 0 Å². The van der Waals surface area contributed by atoms with E-state index in [1.54, 1.807) is 13.0 Å². The summed E-state index contributed by atoms with van der Waals surface area (Å²) < 4.78 is 31.7. The Morgan fingerprint density at radius 3 is 2.75 bits per heavy atom. The summed E-state index contributed by atoms with van der Waals surface area (Å²) >= 11 is 0. The zero-order valence-electron chi connectivity index (χ0n) is 12.1. The minimum atomic E-state index is -3.42. The first-order valence-electron chi connectivity index (χ1n) is 6.82. The van der Waals surface area contributed by atoms with Gasteiger partial charge in [0.1, 0.15) is 0 Å². The summed E-state index contributed by atoms with van der Waals surface area (Å²) in [6.45, 7) is 5.47. The van der Waals surface area contributed by atoms with Gasteiger partial charge in [-0.05, 0) is 45.0 Å². The van der Waals surface area contributed by atoms with Gasteiger partial charge >= 0.3 is 0 Å². The molecule has 1 heterocycles. The molecular weight excluding hydrogens is 276 g/mol. The molecule has 0 spiro atoms. The van der Waals surface area contributed by atoms with E-state index >= 15 is 0 Å². The second-order valence-electron chi connectivity index (χ2n) is 5.24. The Kier molecular flexibility index (Phi) is 4.67. The second-order valence-corrected chi connectivity index (χ2v) is 7.10. The number of sulfonamides is 1. The minimum absolute atomic E-state index is 0.255. The molecule has 1 aliphatic heterocycles. The molecule has 6 heteroatoms. The summed E-state index contributed by atoms with van der Waals surface area (Å²) in [6, 6.07) is 5.68. The molecule has 0 bridgehead atoms. The quantitative estimate of drug-likeness (QED) is 0.869. The van der Waals surface area contributed by atoms with Crippen LogP contribution in [0.2, 0.25) is 0 Å². The second kappa shape index (κ2) is 6.11. The summed E-state index contributed by atoms with van der Waals surface area (Å²) in [7, 11) is -2.00. The van der Waals surface area contributed by atoms with Gasteiger partial charge in [0.15, 0.2) is 0 Å². The van der Waals surface area contributed by atoms with Crippen LogP contribution in [0.15, 0.2) is 23.1 Å². The van der Waals surface area contributed by atoms with Gasteiger partial charge in [-0.1, -0.05) is 6.07 Å². The van der Waals surface area contributed by atoms with Gasteiger partial charge in [0.05, 0.1) is 11.5 Å². The summed E-state index contributed by atoms with van der Waals surface area (Å²) in [5.74, 6) is 0.473. The third kappa shape index (κ3) is 3.31. The van der Waals surface area contributed by atoms with E-state index in [1.165, 1.54) is 7.05 Å². The predicted octanol–water partition coefficient (Wildman–Crippen LogP) is 1.74. The molecule has 0 saturated carbocycles. The molecule has 112 valence electrons. The van der Waals surface area contributed by atoms with Crippen molar-refractivity contribution < 1.29 is 13.2 Å². The van der Waals surface area contributed by atoms with Crippen molar-refractivity contribution in [3.05, 3.63) is 23.8 Å². The molecule has 2 N–H and O–H groups in total. The molecule has 1 saturated heterocycles. The highest BCUT2D eigenvalue weighted by atomic mass is 32.2. The highest BCUT2D eigenvalue weighted by Crippen LogP contribution is 2.23. The van der Waals surface area contributed by atoms with Gasteiger partial charge in [0.25, 0.3) is 0 Å². The van der Waals surface area contributed by atoms with Crippen LogP contribution in [0.5, 0.6) is 0 Å². The largest absolute Gasteiger partial charge is 0.382 e. The Labute approximate surface area is 120 Å². The Hall–Kier alpha value is -1.11. The molecule has 0 radical (unpaired) electrons. The molecule has 1 fully saturated rings. The smallest absolute Gasteiger partial charge is 0.240 e. The fourth-order valence-corrected chi connectivity index (χ4v) is 3.41. The van der Waals surface area contributed by atoms with Crippen molar-refractivity contribution in [2.45, 2.75) is 31.2 Å². The molecule has 2 unspecified atom stereocenters. The van der Waals surface area contributed by atoms with Crippen molar-refractivity contribution in [2.75, 3.05) is 25.6 Å². The van der Waals surface area contributed by atoms with E-state index in [-0.39, 0.29) is 6.04 Å². The molecule has 0 aliphatic carbocycles. The topological polar surface area (TPSA) is 67.4 Å². The fraction of sp³-hybridized carbons (Fsp3) is 0.571. The lowest BCUT2D eigenvalue weighted by molar-refractivity contribution is 0.183. The Bertz CT molecular complexity index is 566. The van der Waals surface area contributed by atoms with E-state index < -0.39 is 10.0 Å². The van der Waals surface area contributed by atoms with Crippen LogP contribution in [0.4, 0.5) is 5.69 Å². The Morgan fingerprint density at radius 1 is 1.40 bits per heavy atom. The molecule has 2 rings (SSSR count). The Balaban J connectivity index is 2.19. The average Bonchev–Trinajstić information content (AvgIpc) is 2.95. The van der Waals surface area contributed by atoms with Crippen LogP contribution < -0.4 is 10.0 Å². The van der Waals surface area contributed by atoms with Gasteiger partial charge in [-0.25, -0.2) is 13.1 Å². The molecule has 1 aromatic carbocycles. The lowest BCUT2D eigenvalue weighted by Gasteiger charge is -2.21. The SMILES string of the molecule is CNS(=O)(=O)c1cc(NC(C)C2CCOC2)ccc1C. The number of benzene rings is 1. The van der Waals surface area contributed by atoms with E-state index in [0.717, 1.165) is 30.9 Å². The molecule has 0 amide bonds. The van der Waals surface area contributed by atoms with E-state index in [1.807, 2.05) is 12.1 Å². The van der Waals surface area contributed by atoms with E-state index in [4.69, 9.17) is 4.74 Å². The molecular formula is C14H22N2O3S. The zero-order valence-corrected chi connectivity index (χ0v) is 13.0. The van der Waals surface area contributed by atoms with Crippen LogP contribution in [0, 0.1) is 12.8 Å². The van der Waals surface area contributed by atoms with Crippen LogP contribution >= 0.6 is 0 Å². The number of anilines is 1. The number of nitrogens with one attached hydrogen (secondary N) is 2. The van der Waals surface area contributed by atoms with Crippen molar-refractivity contribution in [1.82, 2.24) is 4.72 Å². The van der Waals surface area contributed by atoms with Gasteiger partial charge in [0.2, 0.25) is 10.0 Å². The normalized spacial score (nSPS) is 20.9. The fourth-order valence-electron chi connectivity index (χ4n) is 2.42. The third-order valence-corrected chi connectivity index (χ3v) is 5.37. The van der Waals surface area contributed by atoms with Crippen LogP contribution in [0.25, 0.3) is 0 Å². The average molecular weight is 298 g/mol. The highest BCUT2D eigenvalue weighted by Gasteiger charge is 2.22. The van der Waals surface area contributed by atoms with Gasteiger partial charge in [-0.3, -0.25) is 0 Å². The van der Waals surface area contributed by atoms with Crippen molar-refractivity contribution in [2.24, 2.45) is 5.92 Å². The summed E-state index contributed by atoms with van der Waals surface area (Å²) in [6.07, 6.45) is 1.04. The molecule has 20 heavy (non-hydrogen) atoms. The first kappa shape index (κ1) is 15.3. The molecule has 5 nitrogen and oxygen atoms in total. The first-order valence-corrected chi connectivity index (χ1v) is 8.31. The molecule has 2 atom stereocenters. The molecule has 1 aliphatic rings.